The lowest BCUT2D eigenvalue weighted by molar-refractivity contribution is -0.215. The van der Waals surface area contributed by atoms with Gasteiger partial charge in [0.25, 0.3) is 10.1 Å². The quantitative estimate of drug-likeness (QED) is 0.571. The molecule has 0 aromatic heterocycles. The van der Waals surface area contributed by atoms with E-state index in [-0.39, 0.29) is 6.42 Å². The summed E-state index contributed by atoms with van der Waals surface area (Å²) < 4.78 is 72.3. The topological polar surface area (TPSA) is 80.7 Å². The Kier molecular flexibility index (Phi) is 6.17. The van der Waals surface area contributed by atoms with Gasteiger partial charge in [-0.2, -0.15) is 21.6 Å². The zero-order valence-corrected chi connectivity index (χ0v) is 14.1. The number of hydrogen-bond acceptors (Lipinski definition) is 4. The average Bonchev–Trinajstić information content (AvgIpc) is 2.41. The van der Waals surface area contributed by atoms with Crippen molar-refractivity contribution in [3.63, 3.8) is 0 Å². The van der Waals surface area contributed by atoms with Gasteiger partial charge in [-0.3, -0.25) is 9.35 Å². The first-order valence-electron chi connectivity index (χ1n) is 8.24. The molecule has 9 heteroatoms. The number of fused-ring (bicyclic) bond motifs is 2. The molecule has 0 amide bonds. The Bertz CT molecular complexity index is 534. The van der Waals surface area contributed by atoms with E-state index in [1.165, 1.54) is 25.7 Å². The summed E-state index contributed by atoms with van der Waals surface area (Å²) in [5.41, 5.74) is 0. The first-order valence-corrected chi connectivity index (χ1v) is 9.85. The molecule has 140 valence electrons. The molecule has 2 aliphatic rings. The minimum Gasteiger partial charge on any atom is -0.451 e. The normalized spacial score (nSPS) is 29.1. The fraction of sp³-hybridized carbons (Fsp3) is 0.933. The second-order valence-corrected chi connectivity index (χ2v) is 8.54. The van der Waals surface area contributed by atoms with Crippen LogP contribution in [-0.2, 0) is 19.6 Å². The van der Waals surface area contributed by atoms with Crippen LogP contribution in [0.3, 0.4) is 0 Å². The maximum absolute atomic E-state index is 12.7. The van der Waals surface area contributed by atoms with Gasteiger partial charge in [-0.15, -0.1) is 0 Å². The molecule has 3 unspecified atom stereocenters. The van der Waals surface area contributed by atoms with Crippen LogP contribution in [0.4, 0.5) is 13.2 Å². The van der Waals surface area contributed by atoms with Crippen LogP contribution in [0.2, 0.25) is 0 Å². The number of carbonyl (C=O) groups excluding carboxylic acids is 1. The minimum atomic E-state index is -5.03. The molecule has 0 saturated heterocycles. The van der Waals surface area contributed by atoms with Crippen LogP contribution in [0.1, 0.15) is 51.4 Å². The van der Waals surface area contributed by atoms with Crippen molar-refractivity contribution < 1.29 is 35.7 Å². The van der Waals surface area contributed by atoms with Crippen LogP contribution < -0.4 is 0 Å². The van der Waals surface area contributed by atoms with Crippen molar-refractivity contribution in [2.75, 3.05) is 5.75 Å². The number of esters is 1. The van der Waals surface area contributed by atoms with Crippen molar-refractivity contribution in [2.45, 2.75) is 63.6 Å². The van der Waals surface area contributed by atoms with Gasteiger partial charge in [-0.05, 0) is 43.4 Å². The van der Waals surface area contributed by atoms with Crippen molar-refractivity contribution >= 4 is 16.1 Å². The Balaban J connectivity index is 1.82. The molecule has 3 atom stereocenters. The largest absolute Gasteiger partial charge is 0.451 e. The molecule has 2 aliphatic carbocycles. The van der Waals surface area contributed by atoms with Crippen molar-refractivity contribution in [3.05, 3.63) is 0 Å². The minimum absolute atomic E-state index is 0.165. The highest BCUT2D eigenvalue weighted by molar-refractivity contribution is 7.85. The van der Waals surface area contributed by atoms with Crippen molar-refractivity contribution in [2.24, 2.45) is 17.8 Å². The zero-order chi connectivity index (χ0) is 18.0. The third-order valence-electron chi connectivity index (χ3n) is 4.98. The number of alkyl halides is 3. The molecule has 0 aromatic rings. The second-order valence-electron chi connectivity index (χ2n) is 7.04. The summed E-state index contributed by atoms with van der Waals surface area (Å²) in [5.74, 6) is -1.12. The molecule has 2 saturated carbocycles. The van der Waals surface area contributed by atoms with Gasteiger partial charge in [0.15, 0.2) is 0 Å². The Morgan fingerprint density at radius 3 is 2.25 bits per heavy atom. The Morgan fingerprint density at radius 1 is 1.17 bits per heavy atom. The number of ether oxygens (including phenoxy) is 1. The summed E-state index contributed by atoms with van der Waals surface area (Å²) in [6.45, 7) is 0. The van der Waals surface area contributed by atoms with Crippen LogP contribution in [0.5, 0.6) is 0 Å². The highest BCUT2D eigenvalue weighted by Crippen LogP contribution is 2.43. The van der Waals surface area contributed by atoms with Gasteiger partial charge in [0.2, 0.25) is 6.10 Å². The first-order chi connectivity index (χ1) is 11.0. The molecule has 0 aromatic carbocycles. The summed E-state index contributed by atoms with van der Waals surface area (Å²) in [7, 11) is -4.90. The summed E-state index contributed by atoms with van der Waals surface area (Å²) in [6.07, 6.45) is -0.763. The number of rotatable bonds is 6. The van der Waals surface area contributed by atoms with E-state index >= 15 is 0 Å². The fourth-order valence-electron chi connectivity index (χ4n) is 4.03. The van der Waals surface area contributed by atoms with Crippen molar-refractivity contribution in [1.29, 1.82) is 0 Å². The molecule has 0 radical (unpaired) electrons. The number of carbonyl (C=O) groups is 1. The van der Waals surface area contributed by atoms with Crippen molar-refractivity contribution in [1.82, 2.24) is 0 Å². The van der Waals surface area contributed by atoms with Crippen LogP contribution in [0, 0.1) is 17.8 Å². The number of halogens is 3. The van der Waals surface area contributed by atoms with E-state index in [4.69, 9.17) is 4.55 Å². The van der Waals surface area contributed by atoms with Crippen LogP contribution >= 0.6 is 0 Å². The Morgan fingerprint density at radius 2 is 1.75 bits per heavy atom. The van der Waals surface area contributed by atoms with Gasteiger partial charge in [-0.1, -0.05) is 19.3 Å². The van der Waals surface area contributed by atoms with E-state index in [0.29, 0.717) is 24.2 Å². The zero-order valence-electron chi connectivity index (χ0n) is 13.3. The van der Waals surface area contributed by atoms with Gasteiger partial charge in [-0.25, -0.2) is 0 Å². The van der Waals surface area contributed by atoms with Gasteiger partial charge in [0.1, 0.15) is 5.75 Å². The van der Waals surface area contributed by atoms with E-state index in [1.807, 2.05) is 0 Å². The highest BCUT2D eigenvalue weighted by atomic mass is 32.2. The Hall–Kier alpha value is -0.830. The highest BCUT2D eigenvalue weighted by Gasteiger charge is 2.45. The predicted molar refractivity (Wildman–Crippen MR) is 79.8 cm³/mol. The van der Waals surface area contributed by atoms with E-state index in [2.05, 4.69) is 4.74 Å². The summed E-state index contributed by atoms with van der Waals surface area (Å²) in [6, 6.07) is 0. The van der Waals surface area contributed by atoms with E-state index in [1.54, 1.807) is 0 Å². The summed E-state index contributed by atoms with van der Waals surface area (Å²) in [5, 5.41) is 0. The molecule has 1 N–H and O–H groups in total. The lowest BCUT2D eigenvalue weighted by Gasteiger charge is -2.39. The molecule has 2 fully saturated rings. The number of hydrogen-bond donors (Lipinski definition) is 1. The van der Waals surface area contributed by atoms with E-state index < -0.39 is 34.1 Å². The molecule has 0 aliphatic heterocycles. The first kappa shape index (κ1) is 19.5. The standard InChI is InChI=1S/C15H23F3O5S/c16-15(17,18)13(9-24(20,21)22)23-14(19)5-4-12-7-10-2-1-3-11(6-10)8-12/h10-13H,1-9H2,(H,20,21,22). The molecule has 24 heavy (non-hydrogen) atoms. The van der Waals surface area contributed by atoms with Gasteiger partial charge < -0.3 is 4.74 Å². The summed E-state index contributed by atoms with van der Waals surface area (Å²) in [4.78, 5) is 11.7. The SMILES string of the molecule is O=C(CCC1CC2CCCC(C2)C1)OC(CS(=O)(=O)O)C(F)(F)F. The van der Waals surface area contributed by atoms with Gasteiger partial charge in [0.05, 0.1) is 0 Å². The molecule has 2 rings (SSSR count). The summed E-state index contributed by atoms with van der Waals surface area (Å²) >= 11 is 0. The second kappa shape index (κ2) is 7.59. The molecule has 2 bridgehead atoms. The van der Waals surface area contributed by atoms with E-state index in [9.17, 15) is 26.4 Å². The van der Waals surface area contributed by atoms with E-state index in [0.717, 1.165) is 12.8 Å². The fourth-order valence-corrected chi connectivity index (χ4v) is 4.67. The molecule has 0 spiro atoms. The molecule has 5 nitrogen and oxygen atoms in total. The lowest BCUT2D eigenvalue weighted by atomic mass is 9.67. The van der Waals surface area contributed by atoms with Gasteiger partial charge >= 0.3 is 12.1 Å². The Labute approximate surface area is 139 Å². The molecular weight excluding hydrogens is 349 g/mol. The smallest absolute Gasteiger partial charge is 0.426 e. The third-order valence-corrected chi connectivity index (χ3v) is 5.71. The monoisotopic (exact) mass is 372 g/mol. The lowest BCUT2D eigenvalue weighted by Crippen LogP contribution is -2.39. The third kappa shape index (κ3) is 6.23. The van der Waals surface area contributed by atoms with Gasteiger partial charge in [0, 0.05) is 6.42 Å². The van der Waals surface area contributed by atoms with Crippen LogP contribution in [0.15, 0.2) is 0 Å². The molecule has 0 heterocycles. The van der Waals surface area contributed by atoms with Crippen LogP contribution in [0.25, 0.3) is 0 Å². The average molecular weight is 372 g/mol. The predicted octanol–water partition coefficient (Wildman–Crippen LogP) is 3.34. The van der Waals surface area contributed by atoms with Crippen LogP contribution in [-0.4, -0.2) is 37.0 Å². The maximum atomic E-state index is 12.7. The van der Waals surface area contributed by atoms with Crippen molar-refractivity contribution in [3.8, 4) is 0 Å². The maximum Gasteiger partial charge on any atom is 0.426 e. The molecular formula is C15H23F3O5S.